The Morgan fingerprint density at radius 1 is 1.25 bits per heavy atom. The van der Waals surface area contributed by atoms with Crippen molar-refractivity contribution in [3.8, 4) is 0 Å². The van der Waals surface area contributed by atoms with Crippen LogP contribution >= 0.6 is 0 Å². The number of allylic oxidation sites excluding steroid dienone is 2. The van der Waals surface area contributed by atoms with Gasteiger partial charge in [0.25, 0.3) is 0 Å². The van der Waals surface area contributed by atoms with Gasteiger partial charge in [-0.05, 0) is 23.6 Å². The predicted molar refractivity (Wildman–Crippen MR) is 64.8 cm³/mol. The number of ether oxygens (including phenoxy) is 1. The van der Waals surface area contributed by atoms with Crippen LogP contribution in [0.5, 0.6) is 0 Å². The lowest BCUT2D eigenvalue weighted by atomic mass is 9.91. The van der Waals surface area contributed by atoms with Gasteiger partial charge in [0.15, 0.2) is 5.79 Å². The third-order valence-electron chi connectivity index (χ3n) is 3.03. The third kappa shape index (κ3) is 1.94. The van der Waals surface area contributed by atoms with Crippen molar-refractivity contribution >= 4 is 5.57 Å². The largest absolute Gasteiger partial charge is 0.362 e. The fourth-order valence-electron chi connectivity index (χ4n) is 1.89. The number of hydrogen-bond donors (Lipinski definition) is 1. The number of methoxy groups -OCH3 is 1. The number of aliphatic hydroxyl groups is 1. The molecule has 0 saturated heterocycles. The van der Waals surface area contributed by atoms with Gasteiger partial charge in [-0.15, -0.1) is 0 Å². The molecular formula is C14H16O2. The van der Waals surface area contributed by atoms with Crippen LogP contribution in [-0.2, 0) is 4.74 Å². The molecule has 1 aliphatic carbocycles. The molecule has 0 aliphatic heterocycles. The number of benzene rings is 1. The summed E-state index contributed by atoms with van der Waals surface area (Å²) in [6.07, 6.45) is 4.48. The predicted octanol–water partition coefficient (Wildman–Crippen LogP) is 2.76. The maximum atomic E-state index is 10.1. The first-order valence-electron chi connectivity index (χ1n) is 5.37. The second-order valence-corrected chi connectivity index (χ2v) is 4.05. The van der Waals surface area contributed by atoms with Crippen LogP contribution in [0.1, 0.15) is 18.9 Å². The van der Waals surface area contributed by atoms with Crippen LogP contribution in [0.15, 0.2) is 48.1 Å². The SMILES string of the molecule is CO[C@]1(O)CC=C(c2ccccc2)C=C1C. The van der Waals surface area contributed by atoms with Gasteiger partial charge in [0.1, 0.15) is 0 Å². The molecule has 2 heteroatoms. The van der Waals surface area contributed by atoms with Crippen LogP contribution in [0.4, 0.5) is 0 Å². The highest BCUT2D eigenvalue weighted by Crippen LogP contribution is 2.32. The molecule has 0 heterocycles. The highest BCUT2D eigenvalue weighted by Gasteiger charge is 2.30. The molecule has 0 aromatic heterocycles. The first kappa shape index (κ1) is 11.1. The minimum atomic E-state index is -1.13. The lowest BCUT2D eigenvalue weighted by Crippen LogP contribution is -2.33. The highest BCUT2D eigenvalue weighted by molar-refractivity contribution is 5.76. The van der Waals surface area contributed by atoms with Crippen LogP contribution in [-0.4, -0.2) is 18.0 Å². The van der Waals surface area contributed by atoms with E-state index in [-0.39, 0.29) is 0 Å². The summed E-state index contributed by atoms with van der Waals surface area (Å²) in [5.41, 5.74) is 3.15. The Balaban J connectivity index is 2.30. The Kier molecular flexibility index (Phi) is 2.95. The summed E-state index contributed by atoms with van der Waals surface area (Å²) in [6, 6.07) is 10.1. The zero-order valence-corrected chi connectivity index (χ0v) is 9.60. The van der Waals surface area contributed by atoms with Crippen molar-refractivity contribution in [2.45, 2.75) is 19.1 Å². The van der Waals surface area contributed by atoms with Crippen molar-refractivity contribution in [3.63, 3.8) is 0 Å². The normalized spacial score (nSPS) is 24.9. The first-order valence-corrected chi connectivity index (χ1v) is 5.37. The van der Waals surface area contributed by atoms with Crippen molar-refractivity contribution in [1.82, 2.24) is 0 Å². The van der Waals surface area contributed by atoms with Gasteiger partial charge in [0.05, 0.1) is 0 Å². The zero-order chi connectivity index (χ0) is 11.6. The lowest BCUT2D eigenvalue weighted by molar-refractivity contribution is -0.152. The van der Waals surface area contributed by atoms with E-state index >= 15 is 0 Å². The molecule has 0 radical (unpaired) electrons. The minimum Gasteiger partial charge on any atom is -0.362 e. The van der Waals surface area contributed by atoms with E-state index in [2.05, 4.69) is 12.1 Å². The maximum Gasteiger partial charge on any atom is 0.191 e. The molecule has 0 unspecified atom stereocenters. The summed E-state index contributed by atoms with van der Waals surface area (Å²) in [7, 11) is 1.53. The Hall–Kier alpha value is -1.38. The third-order valence-corrected chi connectivity index (χ3v) is 3.03. The monoisotopic (exact) mass is 216 g/mol. The van der Waals surface area contributed by atoms with Gasteiger partial charge in [-0.2, -0.15) is 0 Å². The molecule has 84 valence electrons. The molecule has 2 nitrogen and oxygen atoms in total. The first-order chi connectivity index (χ1) is 7.65. The van der Waals surface area contributed by atoms with Gasteiger partial charge >= 0.3 is 0 Å². The molecule has 0 spiro atoms. The molecule has 1 N–H and O–H groups in total. The average Bonchev–Trinajstić information content (AvgIpc) is 2.34. The summed E-state index contributed by atoms with van der Waals surface area (Å²) in [4.78, 5) is 0. The lowest BCUT2D eigenvalue weighted by Gasteiger charge is -2.29. The summed E-state index contributed by atoms with van der Waals surface area (Å²) in [6.45, 7) is 1.89. The van der Waals surface area contributed by atoms with Gasteiger partial charge in [-0.25, -0.2) is 0 Å². The summed E-state index contributed by atoms with van der Waals surface area (Å²) in [5, 5.41) is 10.1. The van der Waals surface area contributed by atoms with E-state index in [0.717, 1.165) is 11.1 Å². The molecule has 0 saturated carbocycles. The fourth-order valence-corrected chi connectivity index (χ4v) is 1.89. The molecule has 2 rings (SSSR count). The molecule has 0 fully saturated rings. The van der Waals surface area contributed by atoms with Crippen molar-refractivity contribution in [1.29, 1.82) is 0 Å². The summed E-state index contributed by atoms with van der Waals surface area (Å²) < 4.78 is 5.12. The van der Waals surface area contributed by atoms with Crippen molar-refractivity contribution < 1.29 is 9.84 Å². The summed E-state index contributed by atoms with van der Waals surface area (Å²) in [5.74, 6) is -1.13. The van der Waals surface area contributed by atoms with Gasteiger partial charge in [-0.3, -0.25) is 0 Å². The van der Waals surface area contributed by atoms with E-state index in [0.29, 0.717) is 6.42 Å². The minimum absolute atomic E-state index is 0.496. The Bertz CT molecular complexity index is 431. The number of rotatable bonds is 2. The Morgan fingerprint density at radius 2 is 1.94 bits per heavy atom. The van der Waals surface area contributed by atoms with Crippen molar-refractivity contribution in [2.75, 3.05) is 7.11 Å². The van der Waals surface area contributed by atoms with E-state index in [1.165, 1.54) is 12.7 Å². The van der Waals surface area contributed by atoms with E-state index in [1.54, 1.807) is 0 Å². The molecule has 0 amide bonds. The molecule has 16 heavy (non-hydrogen) atoms. The molecule has 1 atom stereocenters. The van der Waals surface area contributed by atoms with E-state index in [1.807, 2.05) is 37.3 Å². The summed E-state index contributed by atoms with van der Waals surface area (Å²) >= 11 is 0. The quantitative estimate of drug-likeness (QED) is 0.770. The second-order valence-electron chi connectivity index (χ2n) is 4.05. The van der Waals surface area contributed by atoms with Gasteiger partial charge in [0, 0.05) is 13.5 Å². The van der Waals surface area contributed by atoms with Gasteiger partial charge in [-0.1, -0.05) is 42.5 Å². The van der Waals surface area contributed by atoms with Crippen LogP contribution in [0, 0.1) is 0 Å². The highest BCUT2D eigenvalue weighted by atomic mass is 16.6. The molecule has 0 bridgehead atoms. The average molecular weight is 216 g/mol. The van der Waals surface area contributed by atoms with E-state index in [9.17, 15) is 5.11 Å². The van der Waals surface area contributed by atoms with Crippen LogP contribution in [0.25, 0.3) is 5.57 Å². The van der Waals surface area contributed by atoms with Crippen LogP contribution in [0.3, 0.4) is 0 Å². The Morgan fingerprint density at radius 3 is 2.50 bits per heavy atom. The van der Waals surface area contributed by atoms with Gasteiger partial charge in [0.2, 0.25) is 0 Å². The van der Waals surface area contributed by atoms with Gasteiger partial charge < -0.3 is 9.84 Å². The fraction of sp³-hybridized carbons (Fsp3) is 0.286. The second kappa shape index (κ2) is 4.24. The van der Waals surface area contributed by atoms with Crippen LogP contribution in [0.2, 0.25) is 0 Å². The van der Waals surface area contributed by atoms with Crippen LogP contribution < -0.4 is 0 Å². The Labute approximate surface area is 95.9 Å². The molecule has 1 aromatic rings. The standard InChI is InChI=1S/C14H16O2/c1-11-10-13(8-9-14(11,15)16-2)12-6-4-3-5-7-12/h3-8,10,15H,9H2,1-2H3/t14-/m1/s1. The topological polar surface area (TPSA) is 29.5 Å². The molecular weight excluding hydrogens is 200 g/mol. The smallest absolute Gasteiger partial charge is 0.191 e. The van der Waals surface area contributed by atoms with E-state index in [4.69, 9.17) is 4.74 Å². The van der Waals surface area contributed by atoms with Crippen molar-refractivity contribution in [2.24, 2.45) is 0 Å². The number of hydrogen-bond acceptors (Lipinski definition) is 2. The molecule has 1 aromatic carbocycles. The zero-order valence-electron chi connectivity index (χ0n) is 9.60. The maximum absolute atomic E-state index is 10.1. The van der Waals surface area contributed by atoms with Crippen molar-refractivity contribution in [3.05, 3.63) is 53.6 Å². The van der Waals surface area contributed by atoms with E-state index < -0.39 is 5.79 Å². The molecule has 1 aliphatic rings.